The molecule has 0 bridgehead atoms. The number of halogens is 4. The molecule has 1 amide bonds. The van der Waals surface area contributed by atoms with E-state index in [1.165, 1.54) is 6.07 Å². The Bertz CT molecular complexity index is 793. The van der Waals surface area contributed by atoms with E-state index >= 15 is 0 Å². The fourth-order valence-corrected chi connectivity index (χ4v) is 2.20. The number of alkyl halides is 3. The van der Waals surface area contributed by atoms with Crippen molar-refractivity contribution in [2.75, 3.05) is 10.6 Å². The zero-order chi connectivity index (χ0) is 18.8. The van der Waals surface area contributed by atoms with Crippen LogP contribution < -0.4 is 10.6 Å². The molecule has 0 atom stereocenters. The van der Waals surface area contributed by atoms with E-state index in [-0.39, 0.29) is 22.4 Å². The number of aromatic nitrogens is 2. The third kappa shape index (κ3) is 5.06. The first-order valence-corrected chi connectivity index (χ1v) is 7.74. The lowest BCUT2D eigenvalue weighted by Crippen LogP contribution is -2.18. The van der Waals surface area contributed by atoms with Gasteiger partial charge in [0, 0.05) is 12.1 Å². The highest BCUT2D eigenvalue weighted by Crippen LogP contribution is 2.34. The molecule has 25 heavy (non-hydrogen) atoms. The first-order valence-electron chi connectivity index (χ1n) is 7.36. The largest absolute Gasteiger partial charge is 0.416 e. The molecule has 134 valence electrons. The second kappa shape index (κ2) is 7.26. The van der Waals surface area contributed by atoms with Gasteiger partial charge < -0.3 is 10.6 Å². The molecule has 0 saturated heterocycles. The van der Waals surface area contributed by atoms with E-state index in [0.29, 0.717) is 11.6 Å². The molecule has 5 nitrogen and oxygen atoms in total. The molecule has 1 aromatic heterocycles. The van der Waals surface area contributed by atoms with Crippen LogP contribution in [0.3, 0.4) is 0 Å². The summed E-state index contributed by atoms with van der Waals surface area (Å²) in [5.41, 5.74) is -1.03. The SMILES string of the molecule is Cc1nc(NC(C)C)cc(C(=O)Nc2cc(C(F)(F)F)ccc2Cl)n1. The molecular formula is C16H16ClF3N4O. The minimum atomic E-state index is -4.54. The number of rotatable bonds is 4. The van der Waals surface area contributed by atoms with Gasteiger partial charge >= 0.3 is 6.18 Å². The molecule has 2 aromatic rings. The van der Waals surface area contributed by atoms with Crippen molar-refractivity contribution in [3.63, 3.8) is 0 Å². The summed E-state index contributed by atoms with van der Waals surface area (Å²) in [4.78, 5) is 20.5. The second-order valence-electron chi connectivity index (χ2n) is 5.63. The summed E-state index contributed by atoms with van der Waals surface area (Å²) < 4.78 is 38.4. The summed E-state index contributed by atoms with van der Waals surface area (Å²) in [5, 5.41) is 5.39. The molecule has 9 heteroatoms. The summed E-state index contributed by atoms with van der Waals surface area (Å²) in [6, 6.07) is 4.21. The van der Waals surface area contributed by atoms with Crippen LogP contribution in [0.5, 0.6) is 0 Å². The van der Waals surface area contributed by atoms with Crippen LogP contribution in [0.15, 0.2) is 24.3 Å². The number of carbonyl (C=O) groups is 1. The number of hydrogen-bond acceptors (Lipinski definition) is 4. The standard InChI is InChI=1S/C16H16ClF3N4O/c1-8(2)21-14-7-13(22-9(3)23-14)15(25)24-12-6-10(16(18,19)20)4-5-11(12)17/h4-8H,1-3H3,(H,24,25)(H,21,22,23). The Kier molecular flexibility index (Phi) is 5.52. The predicted molar refractivity (Wildman–Crippen MR) is 89.9 cm³/mol. The van der Waals surface area contributed by atoms with Gasteiger partial charge in [0.05, 0.1) is 16.3 Å². The molecule has 0 spiro atoms. The zero-order valence-corrected chi connectivity index (χ0v) is 14.5. The van der Waals surface area contributed by atoms with Crippen LogP contribution in [0.25, 0.3) is 0 Å². The average molecular weight is 373 g/mol. The van der Waals surface area contributed by atoms with Crippen LogP contribution in [-0.4, -0.2) is 21.9 Å². The first-order chi connectivity index (χ1) is 11.6. The maximum atomic E-state index is 12.8. The van der Waals surface area contributed by atoms with Gasteiger partial charge in [0.2, 0.25) is 0 Å². The number of nitrogens with zero attached hydrogens (tertiary/aromatic N) is 2. The van der Waals surface area contributed by atoms with Gasteiger partial charge in [-0.1, -0.05) is 11.6 Å². The summed E-state index contributed by atoms with van der Waals surface area (Å²) in [6.45, 7) is 5.42. The number of anilines is 2. The number of carbonyl (C=O) groups excluding carboxylic acids is 1. The molecule has 0 fully saturated rings. The van der Waals surface area contributed by atoms with Crippen molar-refractivity contribution in [1.29, 1.82) is 0 Å². The average Bonchev–Trinajstić information content (AvgIpc) is 2.46. The Morgan fingerprint density at radius 3 is 2.48 bits per heavy atom. The topological polar surface area (TPSA) is 66.9 Å². The molecule has 0 aliphatic heterocycles. The van der Waals surface area contributed by atoms with E-state index in [2.05, 4.69) is 20.6 Å². The Morgan fingerprint density at radius 2 is 1.88 bits per heavy atom. The molecule has 0 unspecified atom stereocenters. The highest BCUT2D eigenvalue weighted by Gasteiger charge is 2.31. The number of amides is 1. The lowest BCUT2D eigenvalue weighted by molar-refractivity contribution is -0.137. The fourth-order valence-electron chi connectivity index (χ4n) is 2.04. The van der Waals surface area contributed by atoms with Crippen molar-refractivity contribution in [2.24, 2.45) is 0 Å². The highest BCUT2D eigenvalue weighted by molar-refractivity contribution is 6.33. The van der Waals surface area contributed by atoms with Gasteiger partial charge in [0.15, 0.2) is 0 Å². The molecule has 0 radical (unpaired) electrons. The second-order valence-corrected chi connectivity index (χ2v) is 6.04. The van der Waals surface area contributed by atoms with Crippen LogP contribution >= 0.6 is 11.6 Å². The fraction of sp³-hybridized carbons (Fsp3) is 0.312. The molecule has 2 N–H and O–H groups in total. The number of hydrogen-bond donors (Lipinski definition) is 2. The van der Waals surface area contributed by atoms with Crippen molar-refractivity contribution >= 4 is 29.0 Å². The van der Waals surface area contributed by atoms with Gasteiger partial charge in [-0.15, -0.1) is 0 Å². The Morgan fingerprint density at radius 1 is 1.20 bits per heavy atom. The molecule has 0 aliphatic rings. The number of aryl methyl sites for hydroxylation is 1. The number of benzene rings is 1. The Labute approximate surface area is 147 Å². The normalized spacial score (nSPS) is 11.5. The van der Waals surface area contributed by atoms with Gasteiger partial charge in [-0.2, -0.15) is 13.2 Å². The quantitative estimate of drug-likeness (QED) is 0.827. The minimum absolute atomic E-state index is 0.00680. The van der Waals surface area contributed by atoms with Crippen LogP contribution in [-0.2, 0) is 6.18 Å². The lowest BCUT2D eigenvalue weighted by atomic mass is 10.2. The van der Waals surface area contributed by atoms with Crippen molar-refractivity contribution < 1.29 is 18.0 Å². The van der Waals surface area contributed by atoms with E-state index < -0.39 is 17.6 Å². The zero-order valence-electron chi connectivity index (χ0n) is 13.7. The van der Waals surface area contributed by atoms with Gasteiger partial charge in [-0.05, 0) is 39.0 Å². The molecule has 0 aliphatic carbocycles. The molecule has 1 heterocycles. The Balaban J connectivity index is 2.29. The van der Waals surface area contributed by atoms with Crippen molar-refractivity contribution in [1.82, 2.24) is 9.97 Å². The molecular weight excluding hydrogens is 357 g/mol. The van der Waals surface area contributed by atoms with Crippen LogP contribution in [0.1, 0.15) is 35.7 Å². The molecule has 2 rings (SSSR count). The van der Waals surface area contributed by atoms with E-state index in [9.17, 15) is 18.0 Å². The monoisotopic (exact) mass is 372 g/mol. The molecule has 0 saturated carbocycles. The van der Waals surface area contributed by atoms with Crippen LogP contribution in [0.4, 0.5) is 24.7 Å². The third-order valence-electron chi connectivity index (χ3n) is 3.05. The smallest absolute Gasteiger partial charge is 0.368 e. The number of nitrogens with one attached hydrogen (secondary N) is 2. The van der Waals surface area contributed by atoms with E-state index in [0.717, 1.165) is 18.2 Å². The summed E-state index contributed by atoms with van der Waals surface area (Å²) in [5.74, 6) is 0.118. The summed E-state index contributed by atoms with van der Waals surface area (Å²) >= 11 is 5.88. The van der Waals surface area contributed by atoms with E-state index in [1.54, 1.807) is 6.92 Å². The maximum absolute atomic E-state index is 12.8. The van der Waals surface area contributed by atoms with E-state index in [1.807, 2.05) is 13.8 Å². The summed E-state index contributed by atoms with van der Waals surface area (Å²) in [7, 11) is 0. The maximum Gasteiger partial charge on any atom is 0.416 e. The van der Waals surface area contributed by atoms with Gasteiger partial charge in [-0.25, -0.2) is 9.97 Å². The van der Waals surface area contributed by atoms with Crippen molar-refractivity contribution in [2.45, 2.75) is 33.0 Å². The van der Waals surface area contributed by atoms with Crippen LogP contribution in [0, 0.1) is 6.92 Å². The van der Waals surface area contributed by atoms with Gasteiger partial charge in [0.25, 0.3) is 5.91 Å². The predicted octanol–water partition coefficient (Wildman–Crippen LogP) is 4.53. The van der Waals surface area contributed by atoms with E-state index in [4.69, 9.17) is 11.6 Å². The Hall–Kier alpha value is -2.35. The first kappa shape index (κ1) is 19.0. The highest BCUT2D eigenvalue weighted by atomic mass is 35.5. The van der Waals surface area contributed by atoms with Crippen molar-refractivity contribution in [3.05, 3.63) is 46.4 Å². The van der Waals surface area contributed by atoms with Crippen molar-refractivity contribution in [3.8, 4) is 0 Å². The minimum Gasteiger partial charge on any atom is -0.368 e. The summed E-state index contributed by atoms with van der Waals surface area (Å²) in [6.07, 6.45) is -4.54. The van der Waals surface area contributed by atoms with Gasteiger partial charge in [-0.3, -0.25) is 4.79 Å². The third-order valence-corrected chi connectivity index (χ3v) is 3.38. The molecule has 1 aromatic carbocycles. The lowest BCUT2D eigenvalue weighted by Gasteiger charge is -2.13. The van der Waals surface area contributed by atoms with Gasteiger partial charge in [0.1, 0.15) is 17.3 Å². The van der Waals surface area contributed by atoms with Crippen LogP contribution in [0.2, 0.25) is 5.02 Å².